The summed E-state index contributed by atoms with van der Waals surface area (Å²) in [6, 6.07) is 78.3. The summed E-state index contributed by atoms with van der Waals surface area (Å²) in [7, 11) is 0. The molecule has 5 heterocycles. The molecule has 0 unspecified atom stereocenters. The Balaban J connectivity index is 0.912. The van der Waals surface area contributed by atoms with Gasteiger partial charge in [0, 0.05) is 34.8 Å². The maximum atomic E-state index is 6.86. The van der Waals surface area contributed by atoms with Crippen LogP contribution < -0.4 is 9.30 Å². The molecule has 0 saturated carbocycles. The molecule has 330 valence electrons. The molecule has 0 saturated heterocycles. The van der Waals surface area contributed by atoms with Crippen LogP contribution in [0.4, 0.5) is 0 Å². The summed E-state index contributed by atoms with van der Waals surface area (Å²) in [6.45, 7) is 2.11. The zero-order valence-corrected chi connectivity index (χ0v) is 38.0. The Bertz CT molecular complexity index is 4280. The second kappa shape index (κ2) is 15.8. The number of para-hydroxylation sites is 6. The molecular weight excluding hydrogens is 859 g/mol. The molecule has 8 heteroatoms. The highest BCUT2D eigenvalue weighted by atomic mass is 16.5. The van der Waals surface area contributed by atoms with E-state index in [0.717, 1.165) is 111 Å². The van der Waals surface area contributed by atoms with E-state index >= 15 is 0 Å². The highest BCUT2D eigenvalue weighted by Crippen LogP contribution is 2.38. The minimum atomic E-state index is 0.687. The van der Waals surface area contributed by atoms with E-state index in [-0.39, 0.29) is 0 Å². The molecule has 0 aliphatic rings. The first-order chi connectivity index (χ1) is 34.6. The lowest BCUT2D eigenvalue weighted by molar-refractivity contribution is -0.571. The first kappa shape index (κ1) is 39.6. The average Bonchev–Trinajstić information content (AvgIpc) is 4.17. The number of rotatable bonds is 8. The van der Waals surface area contributed by atoms with E-state index in [0.29, 0.717) is 11.5 Å². The largest absolute Gasteiger partial charge is 0.458 e. The van der Waals surface area contributed by atoms with Gasteiger partial charge in [0.1, 0.15) is 17.3 Å². The third-order valence-electron chi connectivity index (χ3n) is 13.6. The molecule has 9 aromatic carbocycles. The van der Waals surface area contributed by atoms with Gasteiger partial charge in [-0.15, -0.1) is 0 Å². The van der Waals surface area contributed by atoms with Crippen molar-refractivity contribution in [2.45, 2.75) is 6.92 Å². The monoisotopic (exact) mass is 899 g/mol. The van der Waals surface area contributed by atoms with Crippen molar-refractivity contribution in [3.05, 3.63) is 243 Å². The maximum absolute atomic E-state index is 6.86. The van der Waals surface area contributed by atoms with E-state index in [1.165, 1.54) is 0 Å². The van der Waals surface area contributed by atoms with Crippen molar-refractivity contribution in [1.29, 1.82) is 0 Å². The van der Waals surface area contributed by atoms with Gasteiger partial charge in [-0.25, -0.2) is 9.97 Å². The highest BCUT2D eigenvalue weighted by Gasteiger charge is 2.23. The third-order valence-corrected chi connectivity index (χ3v) is 13.6. The molecule has 5 aromatic heterocycles. The molecule has 0 radical (unpaired) electrons. The normalized spacial score (nSPS) is 11.8. The zero-order valence-electron chi connectivity index (χ0n) is 38.0. The summed E-state index contributed by atoms with van der Waals surface area (Å²) >= 11 is 0. The van der Waals surface area contributed by atoms with Gasteiger partial charge in [-0.05, 0) is 89.3 Å². The lowest BCUT2D eigenvalue weighted by Crippen LogP contribution is -2.31. The number of benzene rings is 9. The van der Waals surface area contributed by atoms with Crippen LogP contribution in [0.5, 0.6) is 11.5 Å². The molecule has 0 fully saturated rings. The molecule has 0 spiro atoms. The standard InChI is InChI=1S/C62H41N7O/c1-41-18-15-33-56-60(41)64-62-68(56)55-35-34-47(37-58(55)69(62)59-38-57-51(39-63-59)50-27-11-12-30-52(50)67(57)44-23-9-4-10-24-44)70-46-26-16-25-45(36-46)65-40-66(54-32-14-13-31-53(54)65)61-48(42-19-5-2-6-20-42)28-17-29-49(61)43-21-7-3-8-22-43/h2-39H,1H3. The van der Waals surface area contributed by atoms with E-state index < -0.39 is 0 Å². The van der Waals surface area contributed by atoms with Crippen LogP contribution in [0, 0.1) is 13.3 Å². The van der Waals surface area contributed by atoms with E-state index in [9.17, 15) is 0 Å². The number of hydrogen-bond acceptors (Lipinski definition) is 3. The van der Waals surface area contributed by atoms with Gasteiger partial charge in [-0.1, -0.05) is 158 Å². The van der Waals surface area contributed by atoms with Gasteiger partial charge in [0.05, 0.1) is 55.5 Å². The summed E-state index contributed by atoms with van der Waals surface area (Å²) in [5.74, 6) is 2.92. The molecule has 0 N–H and O–H groups in total. The van der Waals surface area contributed by atoms with E-state index in [2.05, 4.69) is 242 Å². The first-order valence-corrected chi connectivity index (χ1v) is 23.5. The van der Waals surface area contributed by atoms with Crippen molar-refractivity contribution in [2.24, 2.45) is 0 Å². The minimum absolute atomic E-state index is 0.687. The molecule has 70 heavy (non-hydrogen) atoms. The number of fused-ring (bicyclic) bond motifs is 9. The van der Waals surface area contributed by atoms with Crippen molar-refractivity contribution in [3.8, 4) is 56.6 Å². The van der Waals surface area contributed by atoms with Gasteiger partial charge in [0.2, 0.25) is 5.78 Å². The van der Waals surface area contributed by atoms with Crippen molar-refractivity contribution in [3.63, 3.8) is 0 Å². The molecular formula is C62H41N7O. The fourth-order valence-electron chi connectivity index (χ4n) is 10.4. The van der Waals surface area contributed by atoms with E-state index in [1.807, 2.05) is 24.4 Å². The van der Waals surface area contributed by atoms with Crippen LogP contribution in [0.3, 0.4) is 0 Å². The number of nitrogens with zero attached hydrogens (tertiary/aromatic N) is 7. The topological polar surface area (TPSA) is 58.1 Å². The van der Waals surface area contributed by atoms with E-state index in [4.69, 9.17) is 14.7 Å². The number of imidazole rings is 3. The lowest BCUT2D eigenvalue weighted by Gasteiger charge is -2.17. The van der Waals surface area contributed by atoms with Crippen LogP contribution >= 0.6 is 0 Å². The quantitative estimate of drug-likeness (QED) is 0.113. The summed E-state index contributed by atoms with van der Waals surface area (Å²) < 4.78 is 17.9. The summed E-state index contributed by atoms with van der Waals surface area (Å²) in [5.41, 5.74) is 16.8. The molecule has 0 amide bonds. The minimum Gasteiger partial charge on any atom is -0.458 e. The van der Waals surface area contributed by atoms with Crippen LogP contribution in [0.2, 0.25) is 0 Å². The summed E-state index contributed by atoms with van der Waals surface area (Å²) in [5, 5.41) is 2.23. The van der Waals surface area contributed by atoms with Gasteiger partial charge in [0.25, 0.3) is 6.33 Å². The van der Waals surface area contributed by atoms with Crippen molar-refractivity contribution in [2.75, 3.05) is 0 Å². The number of ether oxygens (including phenoxy) is 1. The number of hydrogen-bond donors (Lipinski definition) is 0. The molecule has 14 rings (SSSR count). The Hall–Kier alpha value is -9.53. The molecule has 14 aromatic rings. The number of aromatic nitrogens is 7. The fraction of sp³-hybridized carbons (Fsp3) is 0.0161. The summed E-state index contributed by atoms with van der Waals surface area (Å²) in [4.78, 5) is 10.5. The van der Waals surface area contributed by atoms with Gasteiger partial charge in [-0.3, -0.25) is 18.1 Å². The first-order valence-electron chi connectivity index (χ1n) is 23.5. The van der Waals surface area contributed by atoms with Gasteiger partial charge >= 0.3 is 0 Å². The molecule has 0 aliphatic heterocycles. The number of pyridine rings is 1. The van der Waals surface area contributed by atoms with Crippen LogP contribution in [-0.4, -0.2) is 28.1 Å². The van der Waals surface area contributed by atoms with Crippen molar-refractivity contribution in [1.82, 2.24) is 28.1 Å². The lowest BCUT2D eigenvalue weighted by atomic mass is 9.95. The SMILES string of the molecule is Cc1cccc2c1nc1n(-c3cc4c(cn3)c3ccccc3n4-c3ccccc3)c3cc(Oc4cccc(-n5[c-][n+](-c6c(-c7ccccc7)cccc6-c6ccccc6)c6ccccc65)c4)ccc3n21. The highest BCUT2D eigenvalue weighted by molar-refractivity contribution is 6.09. The fourth-order valence-corrected chi connectivity index (χ4v) is 10.4. The Morgan fingerprint density at radius 2 is 1.11 bits per heavy atom. The maximum Gasteiger partial charge on any atom is 0.269 e. The third kappa shape index (κ3) is 6.20. The Labute approximate surface area is 402 Å². The van der Waals surface area contributed by atoms with Gasteiger partial charge in [0.15, 0.2) is 0 Å². The average molecular weight is 900 g/mol. The van der Waals surface area contributed by atoms with Crippen molar-refractivity contribution < 1.29 is 9.30 Å². The predicted octanol–water partition coefficient (Wildman–Crippen LogP) is 14.4. The smallest absolute Gasteiger partial charge is 0.269 e. The van der Waals surface area contributed by atoms with Crippen LogP contribution in [0.1, 0.15) is 5.56 Å². The van der Waals surface area contributed by atoms with Crippen LogP contribution in [0.15, 0.2) is 231 Å². The van der Waals surface area contributed by atoms with Gasteiger partial charge < -0.3 is 9.30 Å². The zero-order chi connectivity index (χ0) is 46.3. The van der Waals surface area contributed by atoms with Gasteiger partial charge in [-0.2, -0.15) is 0 Å². The van der Waals surface area contributed by atoms with Crippen LogP contribution in [-0.2, 0) is 0 Å². The predicted molar refractivity (Wildman–Crippen MR) is 281 cm³/mol. The Kier molecular flexibility index (Phi) is 8.94. The number of aryl methyl sites for hydroxylation is 1. The van der Waals surface area contributed by atoms with Crippen molar-refractivity contribution >= 4 is 60.7 Å². The Morgan fingerprint density at radius 1 is 0.471 bits per heavy atom. The van der Waals surface area contributed by atoms with Crippen LogP contribution in [0.25, 0.3) is 106 Å². The molecule has 0 atom stereocenters. The second-order valence-corrected chi connectivity index (χ2v) is 17.7. The Morgan fingerprint density at radius 3 is 1.90 bits per heavy atom. The molecule has 0 bridgehead atoms. The summed E-state index contributed by atoms with van der Waals surface area (Å²) in [6.07, 6.45) is 5.81. The molecule has 0 aliphatic carbocycles. The second-order valence-electron chi connectivity index (χ2n) is 17.7. The van der Waals surface area contributed by atoms with E-state index in [1.54, 1.807) is 0 Å². The molecule has 8 nitrogen and oxygen atoms in total.